The average Bonchev–Trinajstić information content (AvgIpc) is 2.36. The zero-order valence-corrected chi connectivity index (χ0v) is 12.4. The summed E-state index contributed by atoms with van der Waals surface area (Å²) in [5.41, 5.74) is 7.04. The van der Waals surface area contributed by atoms with E-state index >= 15 is 0 Å². The molecule has 0 spiro atoms. The zero-order valence-electron chi connectivity index (χ0n) is 10.1. The van der Waals surface area contributed by atoms with Gasteiger partial charge in [0.2, 0.25) is 10.0 Å². The molecule has 0 fully saturated rings. The van der Waals surface area contributed by atoms with Gasteiger partial charge in [0, 0.05) is 0 Å². The summed E-state index contributed by atoms with van der Waals surface area (Å²) in [5.74, 6) is 0. The fourth-order valence-corrected chi connectivity index (χ4v) is 2.45. The second-order valence-corrected chi connectivity index (χ2v) is 6.37. The zero-order chi connectivity index (χ0) is 14.9. The minimum absolute atomic E-state index is 0.0487. The monoisotopic (exact) mass is 331 g/mol. The second kappa shape index (κ2) is 5.49. The van der Waals surface area contributed by atoms with Crippen LogP contribution in [-0.4, -0.2) is 8.42 Å². The van der Waals surface area contributed by atoms with Gasteiger partial charge in [0.05, 0.1) is 32.0 Å². The highest BCUT2D eigenvalue weighted by Gasteiger charge is 2.12. The molecule has 2 rings (SSSR count). The molecule has 0 saturated carbocycles. The van der Waals surface area contributed by atoms with Gasteiger partial charge in [0.25, 0.3) is 0 Å². The number of primary sulfonamides is 1. The molecular formula is C12H11Cl2N3O2S. The molecule has 0 atom stereocenters. The molecule has 0 bridgehead atoms. The van der Waals surface area contributed by atoms with Crippen molar-refractivity contribution in [1.29, 1.82) is 0 Å². The number of hydrogen-bond acceptors (Lipinski definition) is 4. The van der Waals surface area contributed by atoms with Crippen molar-refractivity contribution < 1.29 is 8.42 Å². The molecule has 8 heteroatoms. The van der Waals surface area contributed by atoms with E-state index in [0.29, 0.717) is 27.1 Å². The summed E-state index contributed by atoms with van der Waals surface area (Å²) >= 11 is 12.0. The lowest BCUT2D eigenvalue weighted by Gasteiger charge is -2.12. The Morgan fingerprint density at radius 2 is 1.75 bits per heavy atom. The van der Waals surface area contributed by atoms with Crippen LogP contribution < -0.4 is 16.2 Å². The molecule has 0 radical (unpaired) electrons. The Morgan fingerprint density at radius 3 is 2.40 bits per heavy atom. The molecule has 0 aliphatic heterocycles. The Hall–Kier alpha value is -1.47. The second-order valence-electron chi connectivity index (χ2n) is 4.02. The highest BCUT2D eigenvalue weighted by atomic mass is 35.5. The lowest BCUT2D eigenvalue weighted by Crippen LogP contribution is -2.12. The normalized spacial score (nSPS) is 11.3. The maximum atomic E-state index is 11.3. The molecule has 106 valence electrons. The predicted octanol–water partition coefficient (Wildman–Crippen LogP) is 2.97. The SMILES string of the molecule is Nc1ccc(S(N)(=O)=O)cc1Nc1cccc(Cl)c1Cl. The van der Waals surface area contributed by atoms with Crippen LogP contribution in [0.3, 0.4) is 0 Å². The van der Waals surface area contributed by atoms with Gasteiger partial charge in [-0.15, -0.1) is 0 Å². The summed E-state index contributed by atoms with van der Waals surface area (Å²) < 4.78 is 22.7. The van der Waals surface area contributed by atoms with E-state index in [1.54, 1.807) is 18.2 Å². The molecule has 20 heavy (non-hydrogen) atoms. The Kier molecular flexibility index (Phi) is 4.10. The number of hydrogen-bond donors (Lipinski definition) is 3. The van der Waals surface area contributed by atoms with Crippen LogP contribution in [0.4, 0.5) is 17.1 Å². The van der Waals surface area contributed by atoms with Crippen LogP contribution in [0.25, 0.3) is 0 Å². The van der Waals surface area contributed by atoms with Crippen LogP contribution >= 0.6 is 23.2 Å². The van der Waals surface area contributed by atoms with Crippen LogP contribution in [0.15, 0.2) is 41.3 Å². The standard InChI is InChI=1S/C12H11Cl2N3O2S/c13-8-2-1-3-10(12(8)14)17-11-6-7(20(16,18)19)4-5-9(11)15/h1-6,17H,15H2,(H2,16,18,19). The van der Waals surface area contributed by atoms with E-state index in [0.717, 1.165) is 0 Å². The molecule has 5 N–H and O–H groups in total. The number of sulfonamides is 1. The first-order valence-electron chi connectivity index (χ1n) is 5.42. The van der Waals surface area contributed by atoms with Gasteiger partial charge in [0.1, 0.15) is 0 Å². The molecule has 0 amide bonds. The lowest BCUT2D eigenvalue weighted by atomic mass is 10.2. The number of anilines is 3. The van der Waals surface area contributed by atoms with E-state index < -0.39 is 10.0 Å². The van der Waals surface area contributed by atoms with E-state index in [4.69, 9.17) is 34.1 Å². The van der Waals surface area contributed by atoms with Crippen molar-refractivity contribution >= 4 is 50.3 Å². The van der Waals surface area contributed by atoms with Gasteiger partial charge in [-0.2, -0.15) is 0 Å². The molecule has 0 heterocycles. The first kappa shape index (κ1) is 14.9. The summed E-state index contributed by atoms with van der Waals surface area (Å²) in [6.45, 7) is 0. The maximum absolute atomic E-state index is 11.3. The lowest BCUT2D eigenvalue weighted by molar-refractivity contribution is 0.598. The summed E-state index contributed by atoms with van der Waals surface area (Å²) in [5, 5.41) is 8.70. The van der Waals surface area contributed by atoms with Crippen LogP contribution in [0.2, 0.25) is 10.0 Å². The molecule has 0 aliphatic rings. The van der Waals surface area contributed by atoms with Gasteiger partial charge in [0.15, 0.2) is 0 Å². The van der Waals surface area contributed by atoms with E-state index in [1.807, 2.05) is 0 Å². The smallest absolute Gasteiger partial charge is 0.238 e. The highest BCUT2D eigenvalue weighted by molar-refractivity contribution is 7.89. The fourth-order valence-electron chi connectivity index (χ4n) is 1.57. The van der Waals surface area contributed by atoms with Gasteiger partial charge in [-0.25, -0.2) is 13.6 Å². The number of halogens is 2. The summed E-state index contributed by atoms with van der Waals surface area (Å²) in [6, 6.07) is 9.14. The highest BCUT2D eigenvalue weighted by Crippen LogP contribution is 2.33. The van der Waals surface area contributed by atoms with Crippen molar-refractivity contribution in [2.75, 3.05) is 11.1 Å². The van der Waals surface area contributed by atoms with Gasteiger partial charge in [-0.1, -0.05) is 29.3 Å². The number of nitrogen functional groups attached to an aromatic ring is 1. The molecule has 0 aliphatic carbocycles. The molecule has 2 aromatic rings. The Balaban J connectivity index is 2.46. The Bertz CT molecular complexity index is 763. The van der Waals surface area contributed by atoms with E-state index in [9.17, 15) is 8.42 Å². The van der Waals surface area contributed by atoms with Crippen LogP contribution in [0.1, 0.15) is 0 Å². The minimum Gasteiger partial charge on any atom is -0.397 e. The van der Waals surface area contributed by atoms with Crippen molar-refractivity contribution in [3.63, 3.8) is 0 Å². The average molecular weight is 332 g/mol. The number of rotatable bonds is 3. The first-order chi connectivity index (χ1) is 9.29. The van der Waals surface area contributed by atoms with Crippen LogP contribution in [0, 0.1) is 0 Å². The van der Waals surface area contributed by atoms with Crippen molar-refractivity contribution in [2.24, 2.45) is 5.14 Å². The minimum atomic E-state index is -3.81. The van der Waals surface area contributed by atoms with Crippen molar-refractivity contribution in [1.82, 2.24) is 0 Å². The third-order valence-electron chi connectivity index (χ3n) is 2.57. The summed E-state index contributed by atoms with van der Waals surface area (Å²) in [7, 11) is -3.81. The van der Waals surface area contributed by atoms with Crippen LogP contribution in [-0.2, 0) is 10.0 Å². The van der Waals surface area contributed by atoms with Crippen molar-refractivity contribution in [2.45, 2.75) is 4.90 Å². The van der Waals surface area contributed by atoms with Crippen molar-refractivity contribution in [3.8, 4) is 0 Å². The Morgan fingerprint density at radius 1 is 1.05 bits per heavy atom. The Labute approximate surface area is 126 Å². The van der Waals surface area contributed by atoms with Gasteiger partial charge in [-0.3, -0.25) is 0 Å². The van der Waals surface area contributed by atoms with Crippen LogP contribution in [0.5, 0.6) is 0 Å². The molecule has 0 unspecified atom stereocenters. The third kappa shape index (κ3) is 3.16. The number of nitrogens with two attached hydrogens (primary N) is 2. The summed E-state index contributed by atoms with van der Waals surface area (Å²) in [6.07, 6.45) is 0. The van der Waals surface area contributed by atoms with E-state index in [1.165, 1.54) is 18.2 Å². The van der Waals surface area contributed by atoms with Crippen molar-refractivity contribution in [3.05, 3.63) is 46.4 Å². The van der Waals surface area contributed by atoms with E-state index in [-0.39, 0.29) is 4.90 Å². The number of benzene rings is 2. The van der Waals surface area contributed by atoms with Gasteiger partial charge in [-0.05, 0) is 30.3 Å². The largest absolute Gasteiger partial charge is 0.397 e. The third-order valence-corrected chi connectivity index (χ3v) is 4.30. The number of nitrogens with one attached hydrogen (secondary N) is 1. The molecular weight excluding hydrogens is 321 g/mol. The molecule has 2 aromatic carbocycles. The topological polar surface area (TPSA) is 98.2 Å². The molecule has 0 aromatic heterocycles. The molecule has 5 nitrogen and oxygen atoms in total. The molecule has 0 saturated heterocycles. The van der Waals surface area contributed by atoms with Gasteiger partial charge < -0.3 is 11.1 Å². The predicted molar refractivity (Wildman–Crippen MR) is 82.0 cm³/mol. The van der Waals surface area contributed by atoms with Gasteiger partial charge >= 0.3 is 0 Å². The quantitative estimate of drug-likeness (QED) is 0.753. The maximum Gasteiger partial charge on any atom is 0.238 e. The van der Waals surface area contributed by atoms with E-state index in [2.05, 4.69) is 5.32 Å². The fraction of sp³-hybridized carbons (Fsp3) is 0. The summed E-state index contributed by atoms with van der Waals surface area (Å²) in [4.78, 5) is -0.0487. The first-order valence-corrected chi connectivity index (χ1v) is 7.72.